The van der Waals surface area contributed by atoms with E-state index < -0.39 is 6.04 Å². The molecule has 1 saturated heterocycles. The number of ether oxygens (including phenoxy) is 1. The van der Waals surface area contributed by atoms with Crippen LogP contribution in [0.3, 0.4) is 0 Å². The van der Waals surface area contributed by atoms with Crippen LogP contribution in [-0.2, 0) is 14.3 Å². The van der Waals surface area contributed by atoms with E-state index in [0.717, 1.165) is 5.56 Å². The molecule has 29 heavy (non-hydrogen) atoms. The number of nitrogens with zero attached hydrogens (tertiary/aromatic N) is 1. The zero-order chi connectivity index (χ0) is 21.4. The monoisotopic (exact) mass is 403 g/mol. The maximum atomic E-state index is 12.9. The number of rotatable bonds is 8. The average Bonchev–Trinajstić information content (AvgIpc) is 2.71. The van der Waals surface area contributed by atoms with Crippen LogP contribution >= 0.6 is 0 Å². The lowest BCUT2D eigenvalue weighted by atomic mass is 9.88. The molecule has 0 radical (unpaired) electrons. The van der Waals surface area contributed by atoms with Crippen molar-refractivity contribution >= 4 is 17.7 Å². The molecule has 7 heteroatoms. The van der Waals surface area contributed by atoms with Crippen LogP contribution in [0.4, 0.5) is 0 Å². The Morgan fingerprint density at radius 1 is 1.14 bits per heavy atom. The lowest BCUT2D eigenvalue weighted by molar-refractivity contribution is -0.136. The van der Waals surface area contributed by atoms with Crippen molar-refractivity contribution in [3.8, 4) is 0 Å². The molecule has 1 heterocycles. The van der Waals surface area contributed by atoms with E-state index in [4.69, 9.17) is 4.74 Å². The SMILES string of the molecule is COCC(=O)N1CCC(C(NC(=O)c2ccc(C)cc2)C(=O)NCC(C)C)CC1. The highest BCUT2D eigenvalue weighted by atomic mass is 16.5. The normalized spacial score (nSPS) is 15.8. The first kappa shape index (κ1) is 22.9. The third kappa shape index (κ3) is 6.85. The van der Waals surface area contributed by atoms with Gasteiger partial charge < -0.3 is 20.3 Å². The van der Waals surface area contributed by atoms with Crippen molar-refractivity contribution in [1.82, 2.24) is 15.5 Å². The van der Waals surface area contributed by atoms with Gasteiger partial charge in [-0.05, 0) is 43.7 Å². The Morgan fingerprint density at radius 3 is 2.31 bits per heavy atom. The molecular formula is C22H33N3O4. The van der Waals surface area contributed by atoms with E-state index >= 15 is 0 Å². The molecule has 3 amide bonds. The van der Waals surface area contributed by atoms with Crippen LogP contribution in [0.1, 0.15) is 42.6 Å². The predicted molar refractivity (Wildman–Crippen MR) is 111 cm³/mol. The average molecular weight is 404 g/mol. The van der Waals surface area contributed by atoms with Gasteiger partial charge in [-0.3, -0.25) is 14.4 Å². The Bertz CT molecular complexity index is 695. The molecule has 0 aliphatic carbocycles. The van der Waals surface area contributed by atoms with Crippen molar-refractivity contribution in [2.45, 2.75) is 39.7 Å². The minimum atomic E-state index is -0.623. The van der Waals surface area contributed by atoms with Crippen LogP contribution in [0.25, 0.3) is 0 Å². The molecule has 0 aromatic heterocycles. The molecule has 2 rings (SSSR count). The largest absolute Gasteiger partial charge is 0.375 e. The van der Waals surface area contributed by atoms with Crippen molar-refractivity contribution in [1.29, 1.82) is 0 Å². The van der Waals surface area contributed by atoms with Crippen molar-refractivity contribution in [2.75, 3.05) is 33.4 Å². The first-order valence-corrected chi connectivity index (χ1v) is 10.2. The number of carbonyl (C=O) groups excluding carboxylic acids is 3. The highest BCUT2D eigenvalue weighted by Gasteiger charge is 2.33. The van der Waals surface area contributed by atoms with Crippen LogP contribution in [-0.4, -0.2) is 62.0 Å². The highest BCUT2D eigenvalue weighted by molar-refractivity contribution is 5.97. The molecule has 1 aromatic rings. The zero-order valence-electron chi connectivity index (χ0n) is 17.9. The Hall–Kier alpha value is -2.41. The van der Waals surface area contributed by atoms with Crippen molar-refractivity contribution in [3.05, 3.63) is 35.4 Å². The summed E-state index contributed by atoms with van der Waals surface area (Å²) in [7, 11) is 1.50. The number of piperidine rings is 1. The van der Waals surface area contributed by atoms with Gasteiger partial charge in [-0.25, -0.2) is 0 Å². The smallest absolute Gasteiger partial charge is 0.251 e. The van der Waals surface area contributed by atoms with E-state index in [1.807, 2.05) is 32.9 Å². The van der Waals surface area contributed by atoms with E-state index in [0.29, 0.717) is 44.0 Å². The number of carbonyl (C=O) groups is 3. The summed E-state index contributed by atoms with van der Waals surface area (Å²) >= 11 is 0. The maximum Gasteiger partial charge on any atom is 0.251 e. The van der Waals surface area contributed by atoms with Gasteiger partial charge in [0.25, 0.3) is 5.91 Å². The van der Waals surface area contributed by atoms with Crippen LogP contribution in [0, 0.1) is 18.8 Å². The molecule has 1 aliphatic heterocycles. The van der Waals surface area contributed by atoms with Gasteiger partial charge in [0.15, 0.2) is 0 Å². The molecule has 2 N–H and O–H groups in total. The van der Waals surface area contributed by atoms with Gasteiger partial charge in [0.1, 0.15) is 12.6 Å². The summed E-state index contributed by atoms with van der Waals surface area (Å²) in [5, 5.41) is 5.88. The maximum absolute atomic E-state index is 12.9. The molecule has 1 atom stereocenters. The Morgan fingerprint density at radius 2 is 1.76 bits per heavy atom. The van der Waals surface area contributed by atoms with Crippen molar-refractivity contribution in [2.24, 2.45) is 11.8 Å². The van der Waals surface area contributed by atoms with E-state index in [2.05, 4.69) is 10.6 Å². The fourth-order valence-corrected chi connectivity index (χ4v) is 3.44. The molecule has 1 aliphatic rings. The topological polar surface area (TPSA) is 87.7 Å². The number of likely N-dealkylation sites (tertiary alicyclic amines) is 1. The summed E-state index contributed by atoms with van der Waals surface area (Å²) in [6.45, 7) is 7.75. The summed E-state index contributed by atoms with van der Waals surface area (Å²) in [4.78, 5) is 39.4. The van der Waals surface area contributed by atoms with Crippen LogP contribution in [0.15, 0.2) is 24.3 Å². The Kier molecular flexibility index (Phi) is 8.64. The van der Waals surface area contributed by atoms with Crippen LogP contribution in [0.2, 0.25) is 0 Å². The Labute approximate surface area is 173 Å². The fourth-order valence-electron chi connectivity index (χ4n) is 3.44. The summed E-state index contributed by atoms with van der Waals surface area (Å²) < 4.78 is 4.92. The predicted octanol–water partition coefficient (Wildman–Crippen LogP) is 1.75. The lowest BCUT2D eigenvalue weighted by Gasteiger charge is -2.35. The Balaban J connectivity index is 2.07. The molecule has 160 valence electrons. The van der Waals surface area contributed by atoms with Gasteiger partial charge in [0.05, 0.1) is 0 Å². The van der Waals surface area contributed by atoms with Crippen LogP contribution in [0.5, 0.6) is 0 Å². The van der Waals surface area contributed by atoms with Gasteiger partial charge in [0.2, 0.25) is 11.8 Å². The number of benzene rings is 1. The molecule has 0 saturated carbocycles. The number of aryl methyl sites for hydroxylation is 1. The first-order valence-electron chi connectivity index (χ1n) is 10.2. The van der Waals surface area contributed by atoms with Gasteiger partial charge in [-0.2, -0.15) is 0 Å². The van der Waals surface area contributed by atoms with Gasteiger partial charge >= 0.3 is 0 Å². The molecule has 0 spiro atoms. The van der Waals surface area contributed by atoms with Crippen LogP contribution < -0.4 is 10.6 Å². The van der Waals surface area contributed by atoms with Crippen molar-refractivity contribution in [3.63, 3.8) is 0 Å². The number of amides is 3. The second kappa shape index (κ2) is 11.0. The highest BCUT2D eigenvalue weighted by Crippen LogP contribution is 2.22. The third-order valence-electron chi connectivity index (χ3n) is 5.20. The summed E-state index contributed by atoms with van der Waals surface area (Å²) in [6, 6.07) is 6.66. The molecule has 1 aromatic carbocycles. The summed E-state index contributed by atoms with van der Waals surface area (Å²) in [6.07, 6.45) is 1.31. The second-order valence-corrected chi connectivity index (χ2v) is 8.11. The van der Waals surface area contributed by atoms with Gasteiger partial charge in [-0.1, -0.05) is 31.5 Å². The van der Waals surface area contributed by atoms with Crippen molar-refractivity contribution < 1.29 is 19.1 Å². The van der Waals surface area contributed by atoms with E-state index in [-0.39, 0.29) is 30.2 Å². The quantitative estimate of drug-likeness (QED) is 0.692. The second-order valence-electron chi connectivity index (χ2n) is 8.11. The van der Waals surface area contributed by atoms with E-state index in [1.165, 1.54) is 7.11 Å². The number of nitrogens with one attached hydrogen (secondary N) is 2. The molecule has 1 fully saturated rings. The molecule has 1 unspecified atom stereocenters. The summed E-state index contributed by atoms with van der Waals surface area (Å²) in [5.74, 6) is -0.173. The van der Waals surface area contributed by atoms with E-state index in [9.17, 15) is 14.4 Å². The summed E-state index contributed by atoms with van der Waals surface area (Å²) in [5.41, 5.74) is 1.60. The minimum absolute atomic E-state index is 0.0249. The number of methoxy groups -OCH3 is 1. The first-order chi connectivity index (χ1) is 13.8. The third-order valence-corrected chi connectivity index (χ3v) is 5.20. The molecule has 0 bridgehead atoms. The number of hydrogen-bond donors (Lipinski definition) is 2. The number of hydrogen-bond acceptors (Lipinski definition) is 4. The zero-order valence-corrected chi connectivity index (χ0v) is 17.9. The van der Waals surface area contributed by atoms with E-state index in [1.54, 1.807) is 17.0 Å². The van der Waals surface area contributed by atoms with Gasteiger partial charge in [0, 0.05) is 32.3 Å². The molecule has 7 nitrogen and oxygen atoms in total. The standard InChI is InChI=1S/C22H33N3O4/c1-15(2)13-23-22(28)20(24-21(27)18-7-5-16(3)6-8-18)17-9-11-25(12-10-17)19(26)14-29-4/h5-8,15,17,20H,9-14H2,1-4H3,(H,23,28)(H,24,27). The van der Waals surface area contributed by atoms with Gasteiger partial charge in [-0.15, -0.1) is 0 Å². The lowest BCUT2D eigenvalue weighted by Crippen LogP contribution is -2.54. The minimum Gasteiger partial charge on any atom is -0.375 e. The fraction of sp³-hybridized carbons (Fsp3) is 0.591. The molecular weight excluding hydrogens is 370 g/mol.